The molecular weight excluding hydrogens is 504 g/mol. The topological polar surface area (TPSA) is 52.6 Å². The highest BCUT2D eigenvalue weighted by Gasteiger charge is 2.05. The van der Waals surface area contributed by atoms with E-state index in [0.29, 0.717) is 26.1 Å². The minimum Gasteiger partial charge on any atom is -0.466 e. The third-order valence-corrected chi connectivity index (χ3v) is 8.37. The van der Waals surface area contributed by atoms with E-state index < -0.39 is 0 Å². The van der Waals surface area contributed by atoms with Gasteiger partial charge in [0.2, 0.25) is 0 Å². The Morgan fingerprint density at radius 3 is 1.10 bits per heavy atom. The second kappa shape index (κ2) is 30.3. The van der Waals surface area contributed by atoms with Crippen LogP contribution in [-0.4, -0.2) is 36.7 Å². The summed E-state index contributed by atoms with van der Waals surface area (Å²) >= 11 is 1.81. The van der Waals surface area contributed by atoms with Crippen molar-refractivity contribution in [1.82, 2.24) is 0 Å². The van der Waals surface area contributed by atoms with Gasteiger partial charge in [-0.3, -0.25) is 9.59 Å². The average molecular weight is 571 g/mol. The predicted molar refractivity (Wildman–Crippen MR) is 170 cm³/mol. The highest BCUT2D eigenvalue weighted by molar-refractivity contribution is 7.99. The Labute approximate surface area is 247 Å². The third-order valence-electron chi connectivity index (χ3n) is 7.22. The van der Waals surface area contributed by atoms with Gasteiger partial charge in [0.05, 0.1) is 13.2 Å². The van der Waals surface area contributed by atoms with E-state index in [4.69, 9.17) is 9.47 Å². The summed E-state index contributed by atoms with van der Waals surface area (Å²) in [7, 11) is 0. The van der Waals surface area contributed by atoms with Gasteiger partial charge in [-0.15, -0.1) is 0 Å². The first kappa shape index (κ1) is 38.3. The molecule has 0 radical (unpaired) electrons. The molecule has 0 spiro atoms. The summed E-state index contributed by atoms with van der Waals surface area (Å²) in [5.41, 5.74) is 0. The smallest absolute Gasteiger partial charge is 0.305 e. The second-order valence-electron chi connectivity index (χ2n) is 12.3. The number of esters is 2. The van der Waals surface area contributed by atoms with Crippen LogP contribution in [0.3, 0.4) is 0 Å². The lowest BCUT2D eigenvalue weighted by molar-refractivity contribution is -0.144. The Morgan fingerprint density at radius 1 is 0.462 bits per heavy atom. The number of hydrogen-bond donors (Lipinski definition) is 0. The summed E-state index contributed by atoms with van der Waals surface area (Å²) < 4.78 is 10.7. The highest BCUT2D eigenvalue weighted by Crippen LogP contribution is 2.14. The number of rotatable bonds is 30. The molecule has 39 heavy (non-hydrogen) atoms. The summed E-state index contributed by atoms with van der Waals surface area (Å²) in [5, 5.41) is 0. The molecule has 5 heteroatoms. The minimum atomic E-state index is -0.0639. The Balaban J connectivity index is 3.27. The predicted octanol–water partition coefficient (Wildman–Crippen LogP) is 10.7. The highest BCUT2D eigenvalue weighted by atomic mass is 32.2. The van der Waals surface area contributed by atoms with Gasteiger partial charge in [-0.25, -0.2) is 0 Å². The van der Waals surface area contributed by atoms with Gasteiger partial charge >= 0.3 is 11.9 Å². The summed E-state index contributed by atoms with van der Waals surface area (Å²) in [6, 6.07) is 0. The Kier molecular flexibility index (Phi) is 29.7. The lowest BCUT2D eigenvalue weighted by Crippen LogP contribution is -2.07. The fourth-order valence-electron chi connectivity index (χ4n) is 4.69. The molecule has 4 nitrogen and oxygen atoms in total. The lowest BCUT2D eigenvalue weighted by atomic mass is 10.0. The zero-order valence-corrected chi connectivity index (χ0v) is 27.4. The monoisotopic (exact) mass is 570 g/mol. The molecule has 0 aliphatic carbocycles. The molecule has 0 saturated heterocycles. The average Bonchev–Trinajstić information content (AvgIpc) is 2.89. The molecule has 0 aliphatic heterocycles. The van der Waals surface area contributed by atoms with Gasteiger partial charge in [0.15, 0.2) is 0 Å². The van der Waals surface area contributed by atoms with Crippen molar-refractivity contribution in [2.24, 2.45) is 11.8 Å². The fourth-order valence-corrected chi connectivity index (χ4v) is 5.59. The van der Waals surface area contributed by atoms with Crippen molar-refractivity contribution >= 4 is 23.7 Å². The summed E-state index contributed by atoms with van der Waals surface area (Å²) in [5.74, 6) is 3.43. The largest absolute Gasteiger partial charge is 0.466 e. The maximum atomic E-state index is 11.9. The van der Waals surface area contributed by atoms with E-state index in [2.05, 4.69) is 27.7 Å². The maximum Gasteiger partial charge on any atom is 0.305 e. The molecule has 0 aromatic rings. The molecule has 0 saturated carbocycles. The van der Waals surface area contributed by atoms with Crippen LogP contribution in [0.2, 0.25) is 0 Å². The van der Waals surface area contributed by atoms with Crippen molar-refractivity contribution in [3.05, 3.63) is 0 Å². The van der Waals surface area contributed by atoms with Crippen LogP contribution in [0.1, 0.15) is 169 Å². The molecule has 0 aromatic carbocycles. The van der Waals surface area contributed by atoms with Gasteiger partial charge in [-0.2, -0.15) is 11.8 Å². The zero-order chi connectivity index (χ0) is 28.8. The lowest BCUT2D eigenvalue weighted by Gasteiger charge is -2.06. The van der Waals surface area contributed by atoms with Crippen molar-refractivity contribution in [2.45, 2.75) is 169 Å². The third kappa shape index (κ3) is 33.4. The van der Waals surface area contributed by atoms with Crippen LogP contribution < -0.4 is 0 Å². The molecule has 0 fully saturated rings. The number of hydrogen-bond acceptors (Lipinski definition) is 5. The minimum absolute atomic E-state index is 0.0639. The van der Waals surface area contributed by atoms with E-state index in [1.165, 1.54) is 89.9 Å². The van der Waals surface area contributed by atoms with E-state index in [-0.39, 0.29) is 11.9 Å². The molecule has 0 N–H and O–H groups in total. The summed E-state index contributed by atoms with van der Waals surface area (Å²) in [6.07, 6.45) is 25.8. The van der Waals surface area contributed by atoms with Gasteiger partial charge in [0.25, 0.3) is 0 Å². The molecular formula is C34H66O4S. The maximum absolute atomic E-state index is 11.9. The van der Waals surface area contributed by atoms with Gasteiger partial charge < -0.3 is 9.47 Å². The zero-order valence-electron chi connectivity index (χ0n) is 26.6. The van der Waals surface area contributed by atoms with E-state index >= 15 is 0 Å². The SMILES string of the molecule is CC(C)CCCCCCCCCCOC(=O)CCCSCCCC(=O)OCCCCCCCCCCC(C)C. The van der Waals surface area contributed by atoms with Crippen molar-refractivity contribution in [1.29, 1.82) is 0 Å². The van der Waals surface area contributed by atoms with Gasteiger partial charge in [-0.1, -0.05) is 130 Å². The molecule has 0 heterocycles. The molecule has 0 rings (SSSR count). The van der Waals surface area contributed by atoms with Crippen LogP contribution in [0, 0.1) is 11.8 Å². The first-order chi connectivity index (χ1) is 18.9. The van der Waals surface area contributed by atoms with E-state index in [1.807, 2.05) is 11.8 Å². The Bertz CT molecular complexity index is 489. The van der Waals surface area contributed by atoms with Gasteiger partial charge in [0.1, 0.15) is 0 Å². The van der Waals surface area contributed by atoms with Crippen LogP contribution in [0.15, 0.2) is 0 Å². The summed E-state index contributed by atoms with van der Waals surface area (Å²) in [4.78, 5) is 23.7. The Hall–Kier alpha value is -0.710. The fraction of sp³-hybridized carbons (Fsp3) is 0.941. The standard InChI is InChI=1S/C34H66O4S/c1-31(2)23-17-13-9-5-7-11-15-19-27-37-33(35)25-21-29-39-30-22-26-34(36)38-28-20-16-12-8-6-10-14-18-24-32(3)4/h31-32H,5-30H2,1-4H3. The number of carbonyl (C=O) groups is 2. The molecule has 0 unspecified atom stereocenters. The first-order valence-corrected chi connectivity index (χ1v) is 18.0. The molecule has 0 atom stereocenters. The number of unbranched alkanes of at least 4 members (excludes halogenated alkanes) is 14. The quantitative estimate of drug-likeness (QED) is 0.0635. The van der Waals surface area contributed by atoms with E-state index in [9.17, 15) is 9.59 Å². The molecule has 232 valence electrons. The number of ether oxygens (including phenoxy) is 2. The van der Waals surface area contributed by atoms with Crippen molar-refractivity contribution in [3.63, 3.8) is 0 Å². The summed E-state index contributed by atoms with van der Waals surface area (Å²) in [6.45, 7) is 10.3. The van der Waals surface area contributed by atoms with Crippen molar-refractivity contribution in [2.75, 3.05) is 24.7 Å². The second-order valence-corrected chi connectivity index (χ2v) is 13.5. The van der Waals surface area contributed by atoms with Crippen LogP contribution in [-0.2, 0) is 19.1 Å². The van der Waals surface area contributed by atoms with Crippen LogP contribution >= 0.6 is 11.8 Å². The van der Waals surface area contributed by atoms with E-state index in [1.54, 1.807) is 0 Å². The molecule has 0 aromatic heterocycles. The number of carbonyl (C=O) groups excluding carboxylic acids is 2. The Morgan fingerprint density at radius 2 is 0.769 bits per heavy atom. The van der Waals surface area contributed by atoms with E-state index in [0.717, 1.165) is 61.9 Å². The van der Waals surface area contributed by atoms with Crippen molar-refractivity contribution in [3.8, 4) is 0 Å². The van der Waals surface area contributed by atoms with Crippen LogP contribution in [0.5, 0.6) is 0 Å². The molecule has 0 aliphatic rings. The first-order valence-electron chi connectivity index (χ1n) is 16.8. The van der Waals surface area contributed by atoms with Crippen LogP contribution in [0.4, 0.5) is 0 Å². The van der Waals surface area contributed by atoms with Crippen LogP contribution in [0.25, 0.3) is 0 Å². The van der Waals surface area contributed by atoms with Crippen molar-refractivity contribution < 1.29 is 19.1 Å². The normalized spacial score (nSPS) is 11.4. The molecule has 0 amide bonds. The van der Waals surface area contributed by atoms with Gasteiger partial charge in [-0.05, 0) is 49.0 Å². The van der Waals surface area contributed by atoms with Gasteiger partial charge in [0, 0.05) is 12.8 Å². The molecule has 0 bridgehead atoms. The number of thioether (sulfide) groups is 1.